The minimum absolute atomic E-state index is 0.682. The first-order valence-corrected chi connectivity index (χ1v) is 10.0. The van der Waals surface area contributed by atoms with E-state index in [1.54, 1.807) is 0 Å². The van der Waals surface area contributed by atoms with E-state index in [1.807, 2.05) is 0 Å². The first-order chi connectivity index (χ1) is 9.31. The van der Waals surface area contributed by atoms with Crippen molar-refractivity contribution in [2.45, 2.75) is 30.6 Å². The van der Waals surface area contributed by atoms with Gasteiger partial charge in [-0.05, 0) is 42.5 Å². The molecule has 2 aliphatic rings. The quantitative estimate of drug-likeness (QED) is 0.884. The van der Waals surface area contributed by atoms with Crippen LogP contribution < -0.4 is 5.32 Å². The zero-order valence-corrected chi connectivity index (χ0v) is 14.2. The number of nitrogens with one attached hydrogen (secondary N) is 1. The summed E-state index contributed by atoms with van der Waals surface area (Å²) < 4.78 is 1.22. The molecule has 1 aromatic rings. The van der Waals surface area contributed by atoms with Crippen molar-refractivity contribution in [3.8, 4) is 0 Å². The second-order valence-electron chi connectivity index (χ2n) is 5.33. The Labute approximate surface area is 132 Å². The number of benzene rings is 1. The third-order valence-corrected chi connectivity index (χ3v) is 7.25. The van der Waals surface area contributed by atoms with Crippen molar-refractivity contribution in [1.29, 1.82) is 0 Å². The fraction of sp³-hybridized carbons (Fsp3) is 0.600. The van der Waals surface area contributed by atoms with Crippen molar-refractivity contribution >= 4 is 39.5 Å². The van der Waals surface area contributed by atoms with Crippen LogP contribution in [0.2, 0.25) is 0 Å². The molecule has 1 saturated heterocycles. The van der Waals surface area contributed by atoms with Crippen LogP contribution in [0.1, 0.15) is 17.5 Å². The molecule has 2 atom stereocenters. The van der Waals surface area contributed by atoms with Crippen molar-refractivity contribution in [3.63, 3.8) is 0 Å². The van der Waals surface area contributed by atoms with Gasteiger partial charge in [-0.25, -0.2) is 0 Å². The maximum absolute atomic E-state index is 3.80. The molecule has 1 aliphatic carbocycles. The third kappa shape index (κ3) is 3.93. The summed E-state index contributed by atoms with van der Waals surface area (Å²) in [5.74, 6) is 4.00. The standard InChI is InChI=1S/C15H20BrNS2/c16-13-3-1-12-8-14(4-2-11(12)7-13)17-9-15-10-18-5-6-19-15/h1,3,7,14-15,17H,2,4-6,8-10H2. The second kappa shape index (κ2) is 6.88. The van der Waals surface area contributed by atoms with Crippen LogP contribution in [0, 0.1) is 0 Å². The first kappa shape index (κ1) is 14.3. The minimum atomic E-state index is 0.682. The molecule has 19 heavy (non-hydrogen) atoms. The molecule has 0 amide bonds. The molecule has 2 unspecified atom stereocenters. The van der Waals surface area contributed by atoms with Crippen molar-refractivity contribution in [2.75, 3.05) is 23.8 Å². The molecule has 104 valence electrons. The molecule has 0 radical (unpaired) electrons. The predicted molar refractivity (Wildman–Crippen MR) is 91.5 cm³/mol. The molecule has 1 heterocycles. The van der Waals surface area contributed by atoms with Crippen LogP contribution in [0.5, 0.6) is 0 Å². The lowest BCUT2D eigenvalue weighted by Crippen LogP contribution is -2.39. The van der Waals surface area contributed by atoms with Gasteiger partial charge < -0.3 is 5.32 Å². The summed E-state index contributed by atoms with van der Waals surface area (Å²) in [4.78, 5) is 0. The topological polar surface area (TPSA) is 12.0 Å². The zero-order chi connectivity index (χ0) is 13.1. The molecule has 1 fully saturated rings. The first-order valence-electron chi connectivity index (χ1n) is 7.01. The Balaban J connectivity index is 1.52. The van der Waals surface area contributed by atoms with Gasteiger partial charge in [-0.3, -0.25) is 0 Å². The molecule has 1 N–H and O–H groups in total. The fourth-order valence-electron chi connectivity index (χ4n) is 2.85. The van der Waals surface area contributed by atoms with E-state index < -0.39 is 0 Å². The monoisotopic (exact) mass is 357 g/mol. The van der Waals surface area contributed by atoms with Crippen LogP contribution in [-0.2, 0) is 12.8 Å². The number of rotatable bonds is 3. The highest BCUT2D eigenvalue weighted by atomic mass is 79.9. The van der Waals surface area contributed by atoms with Gasteiger partial charge >= 0.3 is 0 Å². The number of hydrogen-bond donors (Lipinski definition) is 1. The van der Waals surface area contributed by atoms with Gasteiger partial charge in [0, 0.05) is 39.6 Å². The molecule has 1 nitrogen and oxygen atoms in total. The summed E-state index contributed by atoms with van der Waals surface area (Å²) in [6, 6.07) is 7.44. The van der Waals surface area contributed by atoms with Gasteiger partial charge in [0.1, 0.15) is 0 Å². The summed E-state index contributed by atoms with van der Waals surface area (Å²) in [7, 11) is 0. The molecule has 1 aliphatic heterocycles. The molecule has 0 bridgehead atoms. The van der Waals surface area contributed by atoms with Gasteiger partial charge in [0.2, 0.25) is 0 Å². The predicted octanol–water partition coefficient (Wildman–Crippen LogP) is 3.74. The van der Waals surface area contributed by atoms with Crippen LogP contribution in [0.3, 0.4) is 0 Å². The normalized spacial score (nSPS) is 27.0. The molecule has 0 aromatic heterocycles. The van der Waals surface area contributed by atoms with Gasteiger partial charge in [-0.2, -0.15) is 23.5 Å². The minimum Gasteiger partial charge on any atom is -0.313 e. The SMILES string of the molecule is Brc1ccc2c(c1)CCC(NCC1CSCCS1)C2. The van der Waals surface area contributed by atoms with Gasteiger partial charge in [-0.15, -0.1) is 0 Å². The van der Waals surface area contributed by atoms with E-state index in [0.29, 0.717) is 6.04 Å². The maximum Gasteiger partial charge on any atom is 0.0263 e. The average molecular weight is 358 g/mol. The number of fused-ring (bicyclic) bond motifs is 1. The highest BCUT2D eigenvalue weighted by molar-refractivity contribution is 9.10. The number of thioether (sulfide) groups is 2. The Morgan fingerprint density at radius 3 is 3.05 bits per heavy atom. The highest BCUT2D eigenvalue weighted by Gasteiger charge is 2.20. The molecule has 0 saturated carbocycles. The summed E-state index contributed by atoms with van der Waals surface area (Å²) in [6.07, 6.45) is 3.71. The number of halogens is 1. The van der Waals surface area contributed by atoms with E-state index in [2.05, 4.69) is 63.0 Å². The van der Waals surface area contributed by atoms with Crippen molar-refractivity contribution in [3.05, 3.63) is 33.8 Å². The second-order valence-corrected chi connectivity index (χ2v) is 8.80. The Hall–Kier alpha value is 0.360. The molecule has 0 spiro atoms. The largest absolute Gasteiger partial charge is 0.313 e. The van der Waals surface area contributed by atoms with E-state index in [-0.39, 0.29) is 0 Å². The lowest BCUT2D eigenvalue weighted by molar-refractivity contribution is 0.462. The molecule has 4 heteroatoms. The van der Waals surface area contributed by atoms with Crippen molar-refractivity contribution in [2.24, 2.45) is 0 Å². The smallest absolute Gasteiger partial charge is 0.0263 e. The lowest BCUT2D eigenvalue weighted by Gasteiger charge is -2.28. The average Bonchev–Trinajstić information content (AvgIpc) is 2.46. The van der Waals surface area contributed by atoms with Crippen LogP contribution in [0.25, 0.3) is 0 Å². The summed E-state index contributed by atoms with van der Waals surface area (Å²) in [5.41, 5.74) is 3.08. The van der Waals surface area contributed by atoms with Gasteiger partial charge in [0.05, 0.1) is 0 Å². The molecule has 1 aromatic carbocycles. The van der Waals surface area contributed by atoms with Gasteiger partial charge in [0.15, 0.2) is 0 Å². The van der Waals surface area contributed by atoms with Crippen molar-refractivity contribution < 1.29 is 0 Å². The summed E-state index contributed by atoms with van der Waals surface area (Å²) in [5, 5.41) is 4.63. The van der Waals surface area contributed by atoms with E-state index in [9.17, 15) is 0 Å². The van der Waals surface area contributed by atoms with E-state index >= 15 is 0 Å². The Morgan fingerprint density at radius 1 is 1.26 bits per heavy atom. The summed E-state index contributed by atoms with van der Waals surface area (Å²) in [6.45, 7) is 1.19. The van der Waals surface area contributed by atoms with Crippen LogP contribution in [0.15, 0.2) is 22.7 Å². The van der Waals surface area contributed by atoms with E-state index in [0.717, 1.165) is 5.25 Å². The van der Waals surface area contributed by atoms with Crippen LogP contribution in [-0.4, -0.2) is 35.1 Å². The highest BCUT2D eigenvalue weighted by Crippen LogP contribution is 2.26. The number of aryl methyl sites for hydroxylation is 1. The third-order valence-electron chi connectivity index (χ3n) is 3.92. The van der Waals surface area contributed by atoms with E-state index in [4.69, 9.17) is 0 Å². The maximum atomic E-state index is 3.80. The van der Waals surface area contributed by atoms with Gasteiger partial charge in [-0.1, -0.05) is 22.0 Å². The lowest BCUT2D eigenvalue weighted by atomic mass is 9.88. The summed E-state index contributed by atoms with van der Waals surface area (Å²) >= 11 is 7.83. The number of hydrogen-bond acceptors (Lipinski definition) is 3. The molecular formula is C15H20BrNS2. The van der Waals surface area contributed by atoms with E-state index in [1.165, 1.54) is 58.7 Å². The molecule has 3 rings (SSSR count). The Morgan fingerprint density at radius 2 is 2.21 bits per heavy atom. The van der Waals surface area contributed by atoms with Gasteiger partial charge in [0.25, 0.3) is 0 Å². The van der Waals surface area contributed by atoms with Crippen LogP contribution >= 0.6 is 39.5 Å². The molecular weight excluding hydrogens is 338 g/mol. The Kier molecular flexibility index (Phi) is 5.18. The Bertz CT molecular complexity index is 432. The van der Waals surface area contributed by atoms with Crippen molar-refractivity contribution in [1.82, 2.24) is 5.32 Å². The zero-order valence-electron chi connectivity index (χ0n) is 11.0. The fourth-order valence-corrected chi connectivity index (χ4v) is 5.88. The van der Waals surface area contributed by atoms with Crippen LogP contribution in [0.4, 0.5) is 0 Å².